The number of nitriles is 1. The number of aryl methyl sites for hydroxylation is 1. The minimum atomic E-state index is -0.793. The van der Waals surface area contributed by atoms with Crippen molar-refractivity contribution in [3.05, 3.63) is 52.1 Å². The second kappa shape index (κ2) is 11.3. The number of benzene rings is 1. The van der Waals surface area contributed by atoms with Gasteiger partial charge in [0.2, 0.25) is 0 Å². The smallest absolute Gasteiger partial charge is 0.341 e. The molecule has 8 nitrogen and oxygen atoms in total. The first kappa shape index (κ1) is 25.4. The summed E-state index contributed by atoms with van der Waals surface area (Å²) in [6, 6.07) is 5.47. The van der Waals surface area contributed by atoms with E-state index in [4.69, 9.17) is 19.8 Å². The SMILES string of the molecule is CCc1nn(CC(C)(C)COC(=O)c2ccc(C#N)cc2F)c2c1C(=O)NCCCOCCC2. The van der Waals surface area contributed by atoms with Crippen molar-refractivity contribution in [2.75, 3.05) is 26.4 Å². The van der Waals surface area contributed by atoms with Gasteiger partial charge in [0.25, 0.3) is 5.91 Å². The Balaban J connectivity index is 1.77. The Labute approximate surface area is 199 Å². The fourth-order valence-electron chi connectivity index (χ4n) is 3.89. The zero-order chi connectivity index (χ0) is 24.7. The average Bonchev–Trinajstić information content (AvgIpc) is 3.13. The lowest BCUT2D eigenvalue weighted by atomic mass is 9.94. The molecule has 1 aromatic carbocycles. The molecule has 0 fully saturated rings. The van der Waals surface area contributed by atoms with E-state index in [9.17, 15) is 14.0 Å². The standard InChI is InChI=1S/C25H31FN4O4/c1-4-20-22-21(7-5-11-33-12-6-10-28-23(22)31)30(29-20)15-25(2,3)16-34-24(32)18-9-8-17(14-27)13-19(18)26/h8-9,13H,4-7,10-12,15-16H2,1-3H3,(H,28,31). The summed E-state index contributed by atoms with van der Waals surface area (Å²) in [5.41, 5.74) is 1.58. The molecule has 0 spiro atoms. The Bertz CT molecular complexity index is 1090. The van der Waals surface area contributed by atoms with Crippen LogP contribution in [0.15, 0.2) is 18.2 Å². The Morgan fingerprint density at radius 2 is 2.12 bits per heavy atom. The number of esters is 1. The first-order valence-electron chi connectivity index (χ1n) is 11.6. The molecule has 34 heavy (non-hydrogen) atoms. The maximum Gasteiger partial charge on any atom is 0.341 e. The molecule has 1 amide bonds. The van der Waals surface area contributed by atoms with E-state index in [1.165, 1.54) is 12.1 Å². The predicted octanol–water partition coefficient (Wildman–Crippen LogP) is 3.42. The topological polar surface area (TPSA) is 106 Å². The van der Waals surface area contributed by atoms with Crippen LogP contribution in [0.5, 0.6) is 0 Å². The Morgan fingerprint density at radius 3 is 2.82 bits per heavy atom. The highest BCUT2D eigenvalue weighted by atomic mass is 19.1. The van der Waals surface area contributed by atoms with Crippen LogP contribution >= 0.6 is 0 Å². The first-order chi connectivity index (χ1) is 16.3. The van der Waals surface area contributed by atoms with Gasteiger partial charge in [0.1, 0.15) is 5.82 Å². The maximum atomic E-state index is 14.2. The predicted molar refractivity (Wildman–Crippen MR) is 123 cm³/mol. The quantitative estimate of drug-likeness (QED) is 0.649. The summed E-state index contributed by atoms with van der Waals surface area (Å²) in [7, 11) is 0. The van der Waals surface area contributed by atoms with E-state index < -0.39 is 17.2 Å². The Morgan fingerprint density at radius 1 is 1.35 bits per heavy atom. The summed E-state index contributed by atoms with van der Waals surface area (Å²) in [5, 5.41) is 16.5. The van der Waals surface area contributed by atoms with E-state index >= 15 is 0 Å². The number of aromatic nitrogens is 2. The molecule has 0 atom stereocenters. The van der Waals surface area contributed by atoms with Gasteiger partial charge >= 0.3 is 5.97 Å². The van der Waals surface area contributed by atoms with Crippen molar-refractivity contribution in [3.8, 4) is 6.07 Å². The maximum absolute atomic E-state index is 14.2. The molecular formula is C25H31FN4O4. The highest BCUT2D eigenvalue weighted by Crippen LogP contribution is 2.25. The van der Waals surface area contributed by atoms with Crippen molar-refractivity contribution in [2.45, 2.75) is 53.0 Å². The van der Waals surface area contributed by atoms with Gasteiger partial charge in [-0.3, -0.25) is 9.48 Å². The third-order valence-corrected chi connectivity index (χ3v) is 5.64. The van der Waals surface area contributed by atoms with Crippen molar-refractivity contribution in [1.29, 1.82) is 5.26 Å². The normalized spacial score (nSPS) is 15.0. The molecule has 9 heteroatoms. The van der Waals surface area contributed by atoms with Crippen LogP contribution in [0.2, 0.25) is 0 Å². The van der Waals surface area contributed by atoms with Crippen LogP contribution in [0.1, 0.15) is 71.3 Å². The van der Waals surface area contributed by atoms with E-state index in [2.05, 4.69) is 5.32 Å². The molecule has 1 aliphatic heterocycles. The Kier molecular flexibility index (Phi) is 8.40. The van der Waals surface area contributed by atoms with Crippen molar-refractivity contribution in [3.63, 3.8) is 0 Å². The average molecular weight is 471 g/mol. The van der Waals surface area contributed by atoms with E-state index in [0.29, 0.717) is 44.7 Å². The number of carbonyl (C=O) groups is 2. The van der Waals surface area contributed by atoms with Gasteiger partial charge in [-0.2, -0.15) is 10.4 Å². The second-order valence-electron chi connectivity index (χ2n) is 9.15. The lowest BCUT2D eigenvalue weighted by Gasteiger charge is -2.25. The van der Waals surface area contributed by atoms with Crippen LogP contribution in [0.4, 0.5) is 4.39 Å². The number of nitrogens with zero attached hydrogens (tertiary/aromatic N) is 3. The number of amides is 1. The number of halogens is 1. The molecule has 3 rings (SSSR count). The highest BCUT2D eigenvalue weighted by molar-refractivity contribution is 5.96. The molecule has 0 aliphatic carbocycles. The van der Waals surface area contributed by atoms with E-state index in [1.807, 2.05) is 31.5 Å². The van der Waals surface area contributed by atoms with Crippen LogP contribution in [0.3, 0.4) is 0 Å². The number of rotatable bonds is 6. The number of hydrogen-bond donors (Lipinski definition) is 1. The first-order valence-corrected chi connectivity index (χ1v) is 11.6. The summed E-state index contributed by atoms with van der Waals surface area (Å²) >= 11 is 0. The molecule has 0 saturated carbocycles. The molecular weight excluding hydrogens is 439 g/mol. The molecule has 1 N–H and O–H groups in total. The van der Waals surface area contributed by atoms with Gasteiger partial charge in [0, 0.05) is 31.7 Å². The van der Waals surface area contributed by atoms with Crippen molar-refractivity contribution in [1.82, 2.24) is 15.1 Å². The van der Waals surface area contributed by atoms with E-state index in [1.54, 1.807) is 0 Å². The summed E-state index contributed by atoms with van der Waals surface area (Å²) in [6.07, 6.45) is 2.78. The van der Waals surface area contributed by atoms with Gasteiger partial charge < -0.3 is 14.8 Å². The van der Waals surface area contributed by atoms with Gasteiger partial charge in [0.15, 0.2) is 0 Å². The van der Waals surface area contributed by atoms with Gasteiger partial charge in [-0.25, -0.2) is 9.18 Å². The van der Waals surface area contributed by atoms with Gasteiger partial charge in [-0.1, -0.05) is 20.8 Å². The van der Waals surface area contributed by atoms with Gasteiger partial charge in [-0.15, -0.1) is 0 Å². The van der Waals surface area contributed by atoms with Gasteiger partial charge in [0.05, 0.1) is 40.8 Å². The van der Waals surface area contributed by atoms with Crippen molar-refractivity contribution < 1.29 is 23.5 Å². The lowest BCUT2D eigenvalue weighted by Crippen LogP contribution is -2.29. The number of carbonyl (C=O) groups excluding carboxylic acids is 2. The third-order valence-electron chi connectivity index (χ3n) is 5.64. The second-order valence-corrected chi connectivity index (χ2v) is 9.15. The zero-order valence-electron chi connectivity index (χ0n) is 19.9. The third kappa shape index (κ3) is 6.20. The minimum Gasteiger partial charge on any atom is -0.461 e. The molecule has 0 radical (unpaired) electrons. The summed E-state index contributed by atoms with van der Waals surface area (Å²) < 4.78 is 27.1. The van der Waals surface area contributed by atoms with E-state index in [-0.39, 0.29) is 23.6 Å². The number of fused-ring (bicyclic) bond motifs is 1. The molecule has 1 aliphatic rings. The van der Waals surface area contributed by atoms with Crippen LogP contribution in [0, 0.1) is 22.6 Å². The number of nitrogens with one attached hydrogen (secondary N) is 1. The lowest BCUT2D eigenvalue weighted by molar-refractivity contribution is 0.0299. The number of ether oxygens (including phenoxy) is 2. The van der Waals surface area contributed by atoms with Crippen LogP contribution in [0.25, 0.3) is 0 Å². The van der Waals surface area contributed by atoms with E-state index in [0.717, 1.165) is 30.3 Å². The molecule has 0 saturated heterocycles. The van der Waals surface area contributed by atoms with Crippen LogP contribution in [-0.4, -0.2) is 48.0 Å². The number of hydrogen-bond acceptors (Lipinski definition) is 6. The molecule has 182 valence electrons. The highest BCUT2D eigenvalue weighted by Gasteiger charge is 2.28. The molecule has 0 unspecified atom stereocenters. The largest absolute Gasteiger partial charge is 0.461 e. The monoisotopic (exact) mass is 470 g/mol. The molecule has 1 aromatic heterocycles. The van der Waals surface area contributed by atoms with Crippen molar-refractivity contribution >= 4 is 11.9 Å². The molecule has 0 bridgehead atoms. The molecule has 2 aromatic rings. The zero-order valence-corrected chi connectivity index (χ0v) is 19.9. The van der Waals surface area contributed by atoms with Crippen molar-refractivity contribution in [2.24, 2.45) is 5.41 Å². The summed E-state index contributed by atoms with van der Waals surface area (Å²) in [4.78, 5) is 25.4. The molecule has 2 heterocycles. The fourth-order valence-corrected chi connectivity index (χ4v) is 3.89. The minimum absolute atomic E-state index is 0.0245. The summed E-state index contributed by atoms with van der Waals surface area (Å²) in [5.74, 6) is -1.71. The van der Waals surface area contributed by atoms with Gasteiger partial charge in [-0.05, 0) is 43.9 Å². The van der Waals surface area contributed by atoms with Crippen LogP contribution in [-0.2, 0) is 28.9 Å². The Hall–Kier alpha value is -3.25. The van der Waals surface area contributed by atoms with Crippen LogP contribution < -0.4 is 5.32 Å². The summed E-state index contributed by atoms with van der Waals surface area (Å²) in [6.45, 7) is 8.00. The fraction of sp³-hybridized carbons (Fsp3) is 0.520.